The van der Waals surface area contributed by atoms with Gasteiger partial charge in [0.05, 0.1) is 13.0 Å². The molecule has 1 N–H and O–H groups in total. The second-order valence-electron chi connectivity index (χ2n) is 5.09. The maximum absolute atomic E-state index is 11.5. The second-order valence-corrected chi connectivity index (χ2v) is 5.09. The van der Waals surface area contributed by atoms with Crippen LogP contribution in [0.25, 0.3) is 0 Å². The Labute approximate surface area is 123 Å². The summed E-state index contributed by atoms with van der Waals surface area (Å²) in [5, 5.41) is 8.93. The van der Waals surface area contributed by atoms with E-state index in [4.69, 9.17) is 9.84 Å². The van der Waals surface area contributed by atoms with E-state index in [1.54, 1.807) is 0 Å². The number of ether oxygens (including phenoxy) is 1. The largest absolute Gasteiger partial charge is 0.469 e. The number of amides is 1. The number of benzene rings is 1. The van der Waals surface area contributed by atoms with Gasteiger partial charge in [-0.2, -0.15) is 0 Å². The van der Waals surface area contributed by atoms with Gasteiger partial charge in [0.15, 0.2) is 0 Å². The summed E-state index contributed by atoms with van der Waals surface area (Å²) in [7, 11) is 1.38. The monoisotopic (exact) mass is 292 g/mol. The number of rotatable bonds is 3. The number of esters is 1. The molecule has 0 aliphatic carbocycles. The maximum atomic E-state index is 11.5. The Kier molecular flexibility index (Phi) is 4.67. The summed E-state index contributed by atoms with van der Waals surface area (Å²) in [5.74, 6) is -0.536. The Morgan fingerprint density at radius 1 is 1.14 bits per heavy atom. The first-order valence-corrected chi connectivity index (χ1v) is 6.93. The van der Waals surface area contributed by atoms with Crippen molar-refractivity contribution < 1.29 is 19.4 Å². The highest BCUT2D eigenvalue weighted by Crippen LogP contribution is 2.22. The second kappa shape index (κ2) is 6.47. The van der Waals surface area contributed by atoms with E-state index in [9.17, 15) is 9.59 Å². The molecule has 0 unspecified atom stereocenters. The van der Waals surface area contributed by atoms with Crippen LogP contribution >= 0.6 is 0 Å². The molecule has 1 amide bonds. The van der Waals surface area contributed by atoms with Crippen LogP contribution < -0.4 is 4.90 Å². The number of piperazine rings is 1. The van der Waals surface area contributed by atoms with Crippen molar-refractivity contribution in [3.05, 3.63) is 29.8 Å². The quantitative estimate of drug-likeness (QED) is 0.860. The van der Waals surface area contributed by atoms with Crippen molar-refractivity contribution in [2.24, 2.45) is 0 Å². The molecular formula is C15H20N2O4. The van der Waals surface area contributed by atoms with Gasteiger partial charge in [-0.1, -0.05) is 12.1 Å². The van der Waals surface area contributed by atoms with Crippen LogP contribution in [-0.4, -0.2) is 55.4 Å². The smallest absolute Gasteiger partial charge is 0.407 e. The van der Waals surface area contributed by atoms with Gasteiger partial charge in [-0.25, -0.2) is 4.79 Å². The zero-order chi connectivity index (χ0) is 15.4. The first kappa shape index (κ1) is 15.2. The van der Waals surface area contributed by atoms with Gasteiger partial charge in [0.1, 0.15) is 0 Å². The van der Waals surface area contributed by atoms with Crippen molar-refractivity contribution in [2.45, 2.75) is 12.8 Å². The summed E-state index contributed by atoms with van der Waals surface area (Å²) in [4.78, 5) is 25.9. The minimum atomic E-state index is -0.864. The SMILES string of the molecule is COC(=O)[C@@H](C)c1ccc(N2CCN(C(=O)O)CC2)cc1. The van der Waals surface area contributed by atoms with Crippen molar-refractivity contribution in [1.82, 2.24) is 4.90 Å². The Morgan fingerprint density at radius 2 is 1.71 bits per heavy atom. The van der Waals surface area contributed by atoms with E-state index in [0.29, 0.717) is 26.2 Å². The summed E-state index contributed by atoms with van der Waals surface area (Å²) >= 11 is 0. The summed E-state index contributed by atoms with van der Waals surface area (Å²) in [6.07, 6.45) is -0.864. The molecule has 21 heavy (non-hydrogen) atoms. The van der Waals surface area contributed by atoms with Crippen molar-refractivity contribution in [3.8, 4) is 0 Å². The van der Waals surface area contributed by atoms with Gasteiger partial charge in [0, 0.05) is 31.9 Å². The molecule has 0 spiro atoms. The highest BCUT2D eigenvalue weighted by Gasteiger charge is 2.21. The Hall–Kier alpha value is -2.24. The molecular weight excluding hydrogens is 272 g/mol. The van der Waals surface area contributed by atoms with Crippen LogP contribution in [0.3, 0.4) is 0 Å². The number of carbonyl (C=O) groups excluding carboxylic acids is 1. The Bertz CT molecular complexity index is 507. The van der Waals surface area contributed by atoms with Crippen LogP contribution in [0, 0.1) is 0 Å². The van der Waals surface area contributed by atoms with E-state index >= 15 is 0 Å². The van der Waals surface area contributed by atoms with Gasteiger partial charge >= 0.3 is 12.1 Å². The van der Waals surface area contributed by atoms with Crippen LogP contribution in [0.15, 0.2) is 24.3 Å². The molecule has 6 heteroatoms. The molecule has 1 heterocycles. The lowest BCUT2D eigenvalue weighted by Gasteiger charge is -2.34. The Morgan fingerprint density at radius 3 is 2.19 bits per heavy atom. The third-order valence-corrected chi connectivity index (χ3v) is 3.86. The van der Waals surface area contributed by atoms with Crippen LogP contribution in [0.1, 0.15) is 18.4 Å². The fourth-order valence-electron chi connectivity index (χ4n) is 2.44. The van der Waals surface area contributed by atoms with Gasteiger partial charge in [-0.05, 0) is 24.6 Å². The van der Waals surface area contributed by atoms with E-state index in [-0.39, 0.29) is 11.9 Å². The lowest BCUT2D eigenvalue weighted by molar-refractivity contribution is -0.141. The zero-order valence-electron chi connectivity index (χ0n) is 12.3. The normalized spacial score (nSPS) is 16.5. The molecule has 6 nitrogen and oxygen atoms in total. The molecule has 0 radical (unpaired) electrons. The number of carbonyl (C=O) groups is 2. The van der Waals surface area contributed by atoms with Gasteiger partial charge in [-0.15, -0.1) is 0 Å². The fraction of sp³-hybridized carbons (Fsp3) is 0.467. The van der Waals surface area contributed by atoms with Gasteiger partial charge in [0.25, 0.3) is 0 Å². The molecule has 1 aliphatic rings. The van der Waals surface area contributed by atoms with Crippen LogP contribution in [0.2, 0.25) is 0 Å². The van der Waals surface area contributed by atoms with Crippen molar-refractivity contribution in [1.29, 1.82) is 0 Å². The molecule has 114 valence electrons. The molecule has 1 atom stereocenters. The highest BCUT2D eigenvalue weighted by molar-refractivity contribution is 5.77. The topological polar surface area (TPSA) is 70.1 Å². The van der Waals surface area contributed by atoms with Crippen LogP contribution in [0.5, 0.6) is 0 Å². The predicted octanol–water partition coefficient (Wildman–Crippen LogP) is 1.76. The molecule has 1 aromatic rings. The van der Waals surface area contributed by atoms with Crippen LogP contribution in [-0.2, 0) is 9.53 Å². The molecule has 0 saturated carbocycles. The number of anilines is 1. The average Bonchev–Trinajstić information content (AvgIpc) is 2.53. The summed E-state index contributed by atoms with van der Waals surface area (Å²) in [6.45, 7) is 4.19. The number of nitrogens with zero attached hydrogens (tertiary/aromatic N) is 2. The first-order valence-electron chi connectivity index (χ1n) is 6.93. The molecule has 0 bridgehead atoms. The lowest BCUT2D eigenvalue weighted by Crippen LogP contribution is -2.48. The standard InChI is InChI=1S/C15H20N2O4/c1-11(14(18)21-2)12-3-5-13(6-4-12)16-7-9-17(10-8-16)15(19)20/h3-6,11H,7-10H2,1-2H3,(H,19,20)/t11-/m0/s1. The van der Waals surface area contributed by atoms with Crippen molar-refractivity contribution >= 4 is 17.7 Å². The zero-order valence-corrected chi connectivity index (χ0v) is 12.3. The molecule has 2 rings (SSSR count). The summed E-state index contributed by atoms with van der Waals surface area (Å²) in [5.41, 5.74) is 1.95. The van der Waals surface area contributed by atoms with E-state index in [1.165, 1.54) is 12.0 Å². The van der Waals surface area contributed by atoms with E-state index in [0.717, 1.165) is 11.3 Å². The predicted molar refractivity (Wildman–Crippen MR) is 78.7 cm³/mol. The van der Waals surface area contributed by atoms with E-state index < -0.39 is 6.09 Å². The fourth-order valence-corrected chi connectivity index (χ4v) is 2.44. The molecule has 1 saturated heterocycles. The molecule has 1 fully saturated rings. The number of hydrogen-bond donors (Lipinski definition) is 1. The molecule has 1 aliphatic heterocycles. The van der Waals surface area contributed by atoms with Gasteiger partial charge in [0.2, 0.25) is 0 Å². The van der Waals surface area contributed by atoms with Gasteiger partial charge < -0.3 is 19.6 Å². The minimum Gasteiger partial charge on any atom is -0.469 e. The maximum Gasteiger partial charge on any atom is 0.407 e. The summed E-state index contributed by atoms with van der Waals surface area (Å²) < 4.78 is 4.74. The molecule has 0 aromatic heterocycles. The van der Waals surface area contributed by atoms with Crippen molar-refractivity contribution in [3.63, 3.8) is 0 Å². The lowest BCUT2D eigenvalue weighted by atomic mass is 10.0. The third kappa shape index (κ3) is 3.45. The number of methoxy groups -OCH3 is 1. The average molecular weight is 292 g/mol. The first-order chi connectivity index (χ1) is 10.0. The van der Waals surface area contributed by atoms with E-state index in [2.05, 4.69) is 4.90 Å². The summed E-state index contributed by atoms with van der Waals surface area (Å²) in [6, 6.07) is 7.76. The van der Waals surface area contributed by atoms with Gasteiger partial charge in [-0.3, -0.25) is 4.79 Å². The minimum absolute atomic E-state index is 0.252. The highest BCUT2D eigenvalue weighted by atomic mass is 16.5. The number of hydrogen-bond acceptors (Lipinski definition) is 4. The van der Waals surface area contributed by atoms with Crippen LogP contribution in [0.4, 0.5) is 10.5 Å². The Balaban J connectivity index is 2.00. The van der Waals surface area contributed by atoms with Crippen molar-refractivity contribution in [2.75, 3.05) is 38.2 Å². The third-order valence-electron chi connectivity index (χ3n) is 3.86. The number of carboxylic acid groups (broad SMARTS) is 1. The van der Waals surface area contributed by atoms with E-state index in [1.807, 2.05) is 31.2 Å². The molecule has 1 aromatic carbocycles.